The van der Waals surface area contributed by atoms with Gasteiger partial charge in [-0.15, -0.1) is 0 Å². The molecule has 0 atom stereocenters. The fourth-order valence-corrected chi connectivity index (χ4v) is 2.18. The number of ether oxygens (including phenoxy) is 2. The van der Waals surface area contributed by atoms with E-state index in [1.807, 2.05) is 19.9 Å². The van der Waals surface area contributed by atoms with Crippen molar-refractivity contribution in [2.45, 2.75) is 46.5 Å². The number of rotatable bonds is 11. The molecule has 1 rings (SSSR count). The molecule has 1 aromatic rings. The van der Waals surface area contributed by atoms with E-state index >= 15 is 0 Å². The van der Waals surface area contributed by atoms with Crippen molar-refractivity contribution in [3.8, 4) is 11.5 Å². The Labute approximate surface area is 123 Å². The van der Waals surface area contributed by atoms with Gasteiger partial charge in [-0.1, -0.05) is 19.4 Å². The summed E-state index contributed by atoms with van der Waals surface area (Å²) >= 11 is 0. The van der Waals surface area contributed by atoms with E-state index in [1.54, 1.807) is 0 Å². The molecule has 0 bridgehead atoms. The molecule has 0 aliphatic heterocycles. The predicted molar refractivity (Wildman–Crippen MR) is 84.9 cm³/mol. The Balaban J connectivity index is 2.43. The molecule has 20 heavy (non-hydrogen) atoms. The second-order valence-corrected chi connectivity index (χ2v) is 4.81. The lowest BCUT2D eigenvalue weighted by molar-refractivity contribution is 0.287. The Morgan fingerprint density at radius 1 is 0.900 bits per heavy atom. The van der Waals surface area contributed by atoms with Gasteiger partial charge in [0.1, 0.15) is 0 Å². The summed E-state index contributed by atoms with van der Waals surface area (Å²) < 4.78 is 11.2. The second-order valence-electron chi connectivity index (χ2n) is 4.81. The van der Waals surface area contributed by atoms with E-state index in [4.69, 9.17) is 9.47 Å². The first kappa shape index (κ1) is 16.8. The molecule has 0 aliphatic rings. The summed E-state index contributed by atoms with van der Waals surface area (Å²) in [6.07, 6.45) is 4.86. The minimum absolute atomic E-state index is 0.670. The molecule has 0 saturated carbocycles. The van der Waals surface area contributed by atoms with Crippen LogP contribution in [0.2, 0.25) is 0 Å². The number of unbranched alkanes of at least 4 members (excludes halogenated alkanes) is 2. The van der Waals surface area contributed by atoms with Gasteiger partial charge in [0.2, 0.25) is 0 Å². The van der Waals surface area contributed by atoms with Crippen LogP contribution < -0.4 is 14.8 Å². The molecular formula is C17H29NO2. The van der Waals surface area contributed by atoms with Crippen LogP contribution in [0.4, 0.5) is 0 Å². The molecule has 0 saturated heterocycles. The topological polar surface area (TPSA) is 30.5 Å². The molecular weight excluding hydrogens is 250 g/mol. The maximum Gasteiger partial charge on any atom is 0.161 e. The summed E-state index contributed by atoms with van der Waals surface area (Å²) in [4.78, 5) is 0. The van der Waals surface area contributed by atoms with Crippen LogP contribution in [0.3, 0.4) is 0 Å². The fourth-order valence-electron chi connectivity index (χ4n) is 2.18. The molecule has 114 valence electrons. The largest absolute Gasteiger partial charge is 0.490 e. The smallest absolute Gasteiger partial charge is 0.161 e. The Hall–Kier alpha value is -1.22. The molecule has 0 amide bonds. The number of hydrogen-bond donors (Lipinski definition) is 1. The van der Waals surface area contributed by atoms with Crippen molar-refractivity contribution in [3.05, 3.63) is 23.8 Å². The van der Waals surface area contributed by atoms with Crippen molar-refractivity contribution in [1.82, 2.24) is 5.32 Å². The van der Waals surface area contributed by atoms with E-state index in [-0.39, 0.29) is 0 Å². The quantitative estimate of drug-likeness (QED) is 0.625. The van der Waals surface area contributed by atoms with E-state index in [2.05, 4.69) is 24.4 Å². The molecule has 3 heteroatoms. The Kier molecular flexibility index (Phi) is 8.88. The Morgan fingerprint density at radius 3 is 2.35 bits per heavy atom. The van der Waals surface area contributed by atoms with Gasteiger partial charge in [0.25, 0.3) is 0 Å². The summed E-state index contributed by atoms with van der Waals surface area (Å²) in [6, 6.07) is 6.30. The average molecular weight is 279 g/mol. The van der Waals surface area contributed by atoms with E-state index < -0.39 is 0 Å². The van der Waals surface area contributed by atoms with Crippen molar-refractivity contribution in [1.29, 1.82) is 0 Å². The number of benzene rings is 1. The van der Waals surface area contributed by atoms with Gasteiger partial charge in [0, 0.05) is 0 Å². The summed E-state index contributed by atoms with van der Waals surface area (Å²) in [7, 11) is 0. The van der Waals surface area contributed by atoms with Crippen LogP contribution in [0.15, 0.2) is 18.2 Å². The minimum atomic E-state index is 0.670. The first-order chi connectivity index (χ1) is 9.81. The standard InChI is InChI=1S/C17H29NO2/c1-4-18-13-9-7-8-10-15-11-12-16(19-5-2)17(14-15)20-6-3/h11-12,14,18H,4-10,13H2,1-3H3. The summed E-state index contributed by atoms with van der Waals surface area (Å²) in [5, 5.41) is 3.36. The summed E-state index contributed by atoms with van der Waals surface area (Å²) in [5.41, 5.74) is 1.33. The number of hydrogen-bond acceptors (Lipinski definition) is 3. The molecule has 0 radical (unpaired) electrons. The Morgan fingerprint density at radius 2 is 1.65 bits per heavy atom. The highest BCUT2D eigenvalue weighted by atomic mass is 16.5. The molecule has 0 unspecified atom stereocenters. The van der Waals surface area contributed by atoms with Gasteiger partial charge < -0.3 is 14.8 Å². The van der Waals surface area contributed by atoms with E-state index in [0.29, 0.717) is 13.2 Å². The first-order valence-corrected chi connectivity index (χ1v) is 7.91. The lowest BCUT2D eigenvalue weighted by Gasteiger charge is -2.12. The zero-order valence-electron chi connectivity index (χ0n) is 13.2. The van der Waals surface area contributed by atoms with Crippen molar-refractivity contribution in [2.24, 2.45) is 0 Å². The molecule has 1 N–H and O–H groups in total. The molecule has 0 aliphatic carbocycles. The molecule has 0 heterocycles. The summed E-state index contributed by atoms with van der Waals surface area (Å²) in [5.74, 6) is 1.73. The van der Waals surface area contributed by atoms with Crippen LogP contribution >= 0.6 is 0 Å². The zero-order valence-corrected chi connectivity index (χ0v) is 13.2. The van der Waals surface area contributed by atoms with Gasteiger partial charge >= 0.3 is 0 Å². The van der Waals surface area contributed by atoms with Crippen molar-refractivity contribution < 1.29 is 9.47 Å². The third-order valence-corrected chi connectivity index (χ3v) is 3.18. The van der Waals surface area contributed by atoms with Crippen LogP contribution in [0, 0.1) is 0 Å². The second kappa shape index (κ2) is 10.6. The van der Waals surface area contributed by atoms with Crippen LogP contribution in [-0.4, -0.2) is 26.3 Å². The fraction of sp³-hybridized carbons (Fsp3) is 0.647. The van der Waals surface area contributed by atoms with Crippen molar-refractivity contribution in [3.63, 3.8) is 0 Å². The zero-order chi connectivity index (χ0) is 14.6. The molecule has 0 fully saturated rings. The molecule has 3 nitrogen and oxygen atoms in total. The van der Waals surface area contributed by atoms with Crippen molar-refractivity contribution in [2.75, 3.05) is 26.3 Å². The maximum atomic E-state index is 5.65. The van der Waals surface area contributed by atoms with Gasteiger partial charge in [-0.3, -0.25) is 0 Å². The predicted octanol–water partition coefficient (Wildman–Crippen LogP) is 3.81. The molecule has 0 aromatic heterocycles. The van der Waals surface area contributed by atoms with E-state index in [1.165, 1.54) is 24.8 Å². The molecule has 0 spiro atoms. The third kappa shape index (κ3) is 6.29. The highest BCUT2D eigenvalue weighted by Gasteiger charge is 2.05. The highest BCUT2D eigenvalue weighted by Crippen LogP contribution is 2.29. The third-order valence-electron chi connectivity index (χ3n) is 3.18. The highest BCUT2D eigenvalue weighted by molar-refractivity contribution is 5.43. The Bertz CT molecular complexity index is 366. The normalized spacial score (nSPS) is 10.6. The van der Waals surface area contributed by atoms with E-state index in [9.17, 15) is 0 Å². The molecule has 1 aromatic carbocycles. The van der Waals surface area contributed by atoms with Gasteiger partial charge in [0.05, 0.1) is 13.2 Å². The average Bonchev–Trinajstić information content (AvgIpc) is 2.46. The van der Waals surface area contributed by atoms with Crippen LogP contribution in [0.1, 0.15) is 45.6 Å². The number of nitrogens with one attached hydrogen (secondary N) is 1. The van der Waals surface area contributed by atoms with Gasteiger partial charge in [-0.05, 0) is 63.9 Å². The van der Waals surface area contributed by atoms with Gasteiger partial charge in [-0.25, -0.2) is 0 Å². The van der Waals surface area contributed by atoms with E-state index in [0.717, 1.165) is 31.0 Å². The van der Waals surface area contributed by atoms with Crippen LogP contribution in [-0.2, 0) is 6.42 Å². The van der Waals surface area contributed by atoms with Crippen molar-refractivity contribution >= 4 is 0 Å². The van der Waals surface area contributed by atoms with Gasteiger partial charge in [-0.2, -0.15) is 0 Å². The lowest BCUT2D eigenvalue weighted by atomic mass is 10.1. The minimum Gasteiger partial charge on any atom is -0.490 e. The number of aryl methyl sites for hydroxylation is 1. The van der Waals surface area contributed by atoms with Crippen LogP contribution in [0.25, 0.3) is 0 Å². The monoisotopic (exact) mass is 279 g/mol. The van der Waals surface area contributed by atoms with Gasteiger partial charge in [0.15, 0.2) is 11.5 Å². The maximum absolute atomic E-state index is 5.65. The first-order valence-electron chi connectivity index (χ1n) is 7.91. The SMILES string of the molecule is CCNCCCCCc1ccc(OCC)c(OCC)c1. The lowest BCUT2D eigenvalue weighted by Crippen LogP contribution is -2.13. The van der Waals surface area contributed by atoms with Crippen LogP contribution in [0.5, 0.6) is 11.5 Å². The summed E-state index contributed by atoms with van der Waals surface area (Å²) in [6.45, 7) is 9.68.